The normalized spacial score (nSPS) is 12.7. The summed E-state index contributed by atoms with van der Waals surface area (Å²) in [5, 5.41) is 3.36. The summed E-state index contributed by atoms with van der Waals surface area (Å²) in [6.07, 6.45) is 0.481. The van der Waals surface area contributed by atoms with E-state index in [9.17, 15) is 4.39 Å². The van der Waals surface area contributed by atoms with E-state index < -0.39 is 0 Å². The van der Waals surface area contributed by atoms with Crippen molar-refractivity contribution in [1.29, 1.82) is 0 Å². The number of hydrogen-bond acceptors (Lipinski definition) is 3. The van der Waals surface area contributed by atoms with Gasteiger partial charge in [0.25, 0.3) is 0 Å². The third-order valence-electron chi connectivity index (χ3n) is 2.78. The maximum absolute atomic E-state index is 13.7. The number of aryl methyl sites for hydroxylation is 1. The lowest BCUT2D eigenvalue weighted by molar-refractivity contribution is 0.589. The largest absolute Gasteiger partial charge is 0.330 e. The number of nitrogens with two attached hydrogens (primary N) is 1. The average Bonchev–Trinajstić information content (AvgIpc) is 2.76. The molecule has 1 heterocycles. The molecule has 0 saturated heterocycles. The molecule has 2 nitrogen and oxygen atoms in total. The zero-order chi connectivity index (χ0) is 13.1. The predicted octanol–water partition coefficient (Wildman–Crippen LogP) is 3.53. The zero-order valence-corrected chi connectivity index (χ0v) is 11.6. The van der Waals surface area contributed by atoms with E-state index in [4.69, 9.17) is 17.3 Å². The summed E-state index contributed by atoms with van der Waals surface area (Å²) in [6, 6.07) is 4.72. The molecule has 0 bridgehead atoms. The van der Waals surface area contributed by atoms with Crippen LogP contribution in [0.25, 0.3) is 0 Å². The highest BCUT2D eigenvalue weighted by Crippen LogP contribution is 2.28. The van der Waals surface area contributed by atoms with Gasteiger partial charge in [-0.25, -0.2) is 9.37 Å². The van der Waals surface area contributed by atoms with Gasteiger partial charge in [0, 0.05) is 34.1 Å². The third-order valence-corrected chi connectivity index (χ3v) is 4.26. The SMILES string of the molecule is Cc1csc(C(CN)Cc2c(F)cccc2Cl)n1. The molecule has 0 saturated carbocycles. The monoisotopic (exact) mass is 284 g/mol. The minimum Gasteiger partial charge on any atom is -0.330 e. The van der Waals surface area contributed by atoms with Crippen molar-refractivity contribution in [3.63, 3.8) is 0 Å². The summed E-state index contributed by atoms with van der Waals surface area (Å²) in [5.41, 5.74) is 7.25. The molecule has 0 fully saturated rings. The molecule has 1 unspecified atom stereocenters. The molecule has 0 radical (unpaired) electrons. The van der Waals surface area contributed by atoms with Gasteiger partial charge in [-0.2, -0.15) is 0 Å². The molecular formula is C13H14ClFN2S. The second-order valence-electron chi connectivity index (χ2n) is 4.16. The summed E-state index contributed by atoms with van der Waals surface area (Å²) in [7, 11) is 0. The van der Waals surface area contributed by atoms with E-state index in [2.05, 4.69) is 4.98 Å². The van der Waals surface area contributed by atoms with Crippen molar-refractivity contribution >= 4 is 22.9 Å². The Morgan fingerprint density at radius 3 is 2.83 bits per heavy atom. The predicted molar refractivity (Wildman–Crippen MR) is 73.8 cm³/mol. The lowest BCUT2D eigenvalue weighted by Gasteiger charge is -2.13. The fourth-order valence-corrected chi connectivity index (χ4v) is 2.96. The van der Waals surface area contributed by atoms with Crippen LogP contribution in [0, 0.1) is 12.7 Å². The van der Waals surface area contributed by atoms with Gasteiger partial charge in [0.15, 0.2) is 0 Å². The number of thiazole rings is 1. The Bertz CT molecular complexity index is 521. The summed E-state index contributed by atoms with van der Waals surface area (Å²) in [5.74, 6) is -0.271. The van der Waals surface area contributed by atoms with Crippen LogP contribution >= 0.6 is 22.9 Å². The number of rotatable bonds is 4. The highest BCUT2D eigenvalue weighted by Gasteiger charge is 2.18. The topological polar surface area (TPSA) is 38.9 Å². The molecule has 2 rings (SSSR count). The van der Waals surface area contributed by atoms with Gasteiger partial charge in [0.2, 0.25) is 0 Å². The van der Waals surface area contributed by atoms with Crippen molar-refractivity contribution in [2.75, 3.05) is 6.54 Å². The van der Waals surface area contributed by atoms with Crippen LogP contribution in [0.2, 0.25) is 5.02 Å². The lowest BCUT2D eigenvalue weighted by atomic mass is 9.99. The van der Waals surface area contributed by atoms with Crippen LogP contribution in [-0.2, 0) is 6.42 Å². The third kappa shape index (κ3) is 2.88. The van der Waals surface area contributed by atoms with Crippen LogP contribution in [0.15, 0.2) is 23.6 Å². The Balaban J connectivity index is 2.26. The van der Waals surface area contributed by atoms with Crippen molar-refractivity contribution in [2.45, 2.75) is 19.3 Å². The maximum atomic E-state index is 13.7. The molecule has 1 aromatic heterocycles. The minimum absolute atomic E-state index is 0.0121. The van der Waals surface area contributed by atoms with Crippen LogP contribution < -0.4 is 5.73 Å². The van der Waals surface area contributed by atoms with Gasteiger partial charge in [0.05, 0.1) is 5.01 Å². The summed E-state index contributed by atoms with van der Waals surface area (Å²) >= 11 is 7.58. The summed E-state index contributed by atoms with van der Waals surface area (Å²) in [4.78, 5) is 4.41. The van der Waals surface area contributed by atoms with Gasteiger partial charge in [-0.15, -0.1) is 11.3 Å². The number of halogens is 2. The van der Waals surface area contributed by atoms with Gasteiger partial charge >= 0.3 is 0 Å². The fraction of sp³-hybridized carbons (Fsp3) is 0.308. The maximum Gasteiger partial charge on any atom is 0.127 e. The standard InChI is InChI=1S/C13H14ClFN2S/c1-8-7-18-13(17-8)9(6-16)5-10-11(14)3-2-4-12(10)15/h2-4,7,9H,5-6,16H2,1H3. The number of hydrogen-bond donors (Lipinski definition) is 1. The second kappa shape index (κ2) is 5.78. The lowest BCUT2D eigenvalue weighted by Crippen LogP contribution is -2.15. The molecule has 1 atom stereocenters. The number of aromatic nitrogens is 1. The van der Waals surface area contributed by atoms with Gasteiger partial charge < -0.3 is 5.73 Å². The molecule has 18 heavy (non-hydrogen) atoms. The molecule has 5 heteroatoms. The highest BCUT2D eigenvalue weighted by atomic mass is 35.5. The molecule has 0 spiro atoms. The molecule has 2 aromatic rings. The summed E-state index contributed by atoms with van der Waals surface area (Å²) < 4.78 is 13.7. The van der Waals surface area contributed by atoms with E-state index in [1.54, 1.807) is 23.5 Å². The van der Waals surface area contributed by atoms with Crippen LogP contribution in [0.1, 0.15) is 22.2 Å². The average molecular weight is 285 g/mol. The number of benzene rings is 1. The Labute approximate surface area is 115 Å². The van der Waals surface area contributed by atoms with Crippen molar-refractivity contribution in [3.05, 3.63) is 50.7 Å². The smallest absolute Gasteiger partial charge is 0.127 e. The minimum atomic E-state index is -0.283. The van der Waals surface area contributed by atoms with Gasteiger partial charge in [-0.3, -0.25) is 0 Å². The molecule has 0 aliphatic heterocycles. The van der Waals surface area contributed by atoms with Crippen LogP contribution in [0.5, 0.6) is 0 Å². The molecule has 0 amide bonds. The molecule has 1 aromatic carbocycles. The van der Waals surface area contributed by atoms with Crippen molar-refractivity contribution < 1.29 is 4.39 Å². The van der Waals surface area contributed by atoms with E-state index in [1.165, 1.54) is 6.07 Å². The Morgan fingerprint density at radius 2 is 2.28 bits per heavy atom. The first-order chi connectivity index (χ1) is 8.61. The first kappa shape index (κ1) is 13.5. The second-order valence-corrected chi connectivity index (χ2v) is 5.46. The van der Waals surface area contributed by atoms with Crippen molar-refractivity contribution in [2.24, 2.45) is 5.73 Å². The van der Waals surface area contributed by atoms with E-state index >= 15 is 0 Å². The molecular weight excluding hydrogens is 271 g/mol. The number of nitrogens with zero attached hydrogens (tertiary/aromatic N) is 1. The van der Waals surface area contributed by atoms with E-state index in [0.29, 0.717) is 23.6 Å². The van der Waals surface area contributed by atoms with E-state index in [-0.39, 0.29) is 11.7 Å². The molecule has 0 aliphatic rings. The van der Waals surface area contributed by atoms with Crippen molar-refractivity contribution in [3.8, 4) is 0 Å². The first-order valence-corrected chi connectivity index (χ1v) is 6.92. The Kier molecular flexibility index (Phi) is 4.32. The Hall–Kier alpha value is -0.970. The van der Waals surface area contributed by atoms with Crippen LogP contribution in [0.4, 0.5) is 4.39 Å². The first-order valence-electron chi connectivity index (χ1n) is 5.66. The molecule has 0 aliphatic carbocycles. The van der Waals surface area contributed by atoms with E-state index in [1.807, 2.05) is 12.3 Å². The highest BCUT2D eigenvalue weighted by molar-refractivity contribution is 7.09. The van der Waals surface area contributed by atoms with Crippen LogP contribution in [0.3, 0.4) is 0 Å². The fourth-order valence-electron chi connectivity index (χ4n) is 1.80. The molecule has 96 valence electrons. The van der Waals surface area contributed by atoms with Gasteiger partial charge in [-0.1, -0.05) is 17.7 Å². The molecule has 2 N–H and O–H groups in total. The quantitative estimate of drug-likeness (QED) is 0.933. The van der Waals surface area contributed by atoms with Crippen LogP contribution in [-0.4, -0.2) is 11.5 Å². The van der Waals surface area contributed by atoms with Crippen molar-refractivity contribution in [1.82, 2.24) is 4.98 Å². The van der Waals surface area contributed by atoms with E-state index in [0.717, 1.165) is 10.7 Å². The summed E-state index contributed by atoms with van der Waals surface area (Å²) in [6.45, 7) is 2.36. The Morgan fingerprint density at radius 1 is 1.50 bits per heavy atom. The van der Waals surface area contributed by atoms with Gasteiger partial charge in [-0.05, 0) is 25.5 Å². The zero-order valence-electron chi connectivity index (χ0n) is 9.99. The van der Waals surface area contributed by atoms with Gasteiger partial charge in [0.1, 0.15) is 5.82 Å².